The molecule has 1 aliphatic rings. The highest BCUT2D eigenvalue weighted by atomic mass is 35.5. The SMILES string of the molecule is O=C(CCl)NCC1(c2ccccc2)CC(NC(=O)c2cc(=O)c3ccccc3o2)C1. The maximum Gasteiger partial charge on any atom is 0.287 e. The van der Waals surface area contributed by atoms with E-state index in [1.807, 2.05) is 30.3 Å². The lowest BCUT2D eigenvalue weighted by Crippen LogP contribution is -2.57. The Morgan fingerprint density at radius 2 is 1.77 bits per heavy atom. The van der Waals surface area contributed by atoms with Crippen molar-refractivity contribution in [2.24, 2.45) is 0 Å². The quantitative estimate of drug-likeness (QED) is 0.595. The fourth-order valence-corrected chi connectivity index (χ4v) is 4.14. The van der Waals surface area contributed by atoms with Crippen molar-refractivity contribution in [2.75, 3.05) is 12.4 Å². The Bertz CT molecular complexity index is 1140. The second kappa shape index (κ2) is 8.32. The molecule has 0 saturated heterocycles. The van der Waals surface area contributed by atoms with Crippen LogP contribution >= 0.6 is 11.6 Å². The van der Waals surface area contributed by atoms with E-state index in [0.29, 0.717) is 30.4 Å². The lowest BCUT2D eigenvalue weighted by atomic mass is 9.61. The van der Waals surface area contributed by atoms with E-state index < -0.39 is 5.91 Å². The molecule has 6 nitrogen and oxygen atoms in total. The predicted molar refractivity (Wildman–Crippen MR) is 115 cm³/mol. The molecule has 1 aromatic heterocycles. The lowest BCUT2D eigenvalue weighted by molar-refractivity contribution is -0.119. The smallest absolute Gasteiger partial charge is 0.287 e. The molecular formula is C23H21ClN2O4. The van der Waals surface area contributed by atoms with Gasteiger partial charge in [-0.1, -0.05) is 42.5 Å². The first kappa shape index (κ1) is 20.2. The Morgan fingerprint density at radius 3 is 2.50 bits per heavy atom. The van der Waals surface area contributed by atoms with Gasteiger partial charge in [0.05, 0.1) is 5.39 Å². The molecule has 2 amide bonds. The molecule has 3 aromatic rings. The summed E-state index contributed by atoms with van der Waals surface area (Å²) in [5.74, 6) is -0.746. The van der Waals surface area contributed by atoms with Crippen molar-refractivity contribution >= 4 is 34.4 Å². The summed E-state index contributed by atoms with van der Waals surface area (Å²) in [4.78, 5) is 36.6. The van der Waals surface area contributed by atoms with Crippen LogP contribution in [0, 0.1) is 0 Å². The van der Waals surface area contributed by atoms with Crippen LogP contribution in [0.15, 0.2) is 69.9 Å². The Kier molecular flexibility index (Phi) is 5.59. The number of carbonyl (C=O) groups excluding carboxylic acids is 2. The minimum atomic E-state index is -0.422. The fraction of sp³-hybridized carbons (Fsp3) is 0.261. The van der Waals surface area contributed by atoms with Crippen molar-refractivity contribution < 1.29 is 14.0 Å². The van der Waals surface area contributed by atoms with Crippen LogP contribution in [-0.4, -0.2) is 30.3 Å². The summed E-state index contributed by atoms with van der Waals surface area (Å²) in [6.45, 7) is 0.444. The average molecular weight is 425 g/mol. The molecule has 1 saturated carbocycles. The number of para-hydroxylation sites is 1. The molecule has 154 valence electrons. The Labute approximate surface area is 178 Å². The van der Waals surface area contributed by atoms with Crippen molar-refractivity contribution in [3.63, 3.8) is 0 Å². The van der Waals surface area contributed by atoms with Gasteiger partial charge in [0.15, 0.2) is 11.2 Å². The largest absolute Gasteiger partial charge is 0.451 e. The first-order valence-corrected chi connectivity index (χ1v) is 10.3. The molecule has 0 radical (unpaired) electrons. The highest BCUT2D eigenvalue weighted by Crippen LogP contribution is 2.43. The van der Waals surface area contributed by atoms with E-state index in [9.17, 15) is 14.4 Å². The molecule has 0 atom stereocenters. The van der Waals surface area contributed by atoms with Crippen molar-refractivity contribution in [1.82, 2.24) is 10.6 Å². The van der Waals surface area contributed by atoms with Crippen molar-refractivity contribution in [1.29, 1.82) is 0 Å². The summed E-state index contributed by atoms with van der Waals surface area (Å²) in [5, 5.41) is 6.24. The summed E-state index contributed by atoms with van der Waals surface area (Å²) < 4.78 is 5.62. The maximum absolute atomic E-state index is 12.7. The summed E-state index contributed by atoms with van der Waals surface area (Å²) in [6, 6.07) is 17.8. The zero-order valence-electron chi connectivity index (χ0n) is 16.2. The number of alkyl halides is 1. The van der Waals surface area contributed by atoms with Crippen LogP contribution in [0.5, 0.6) is 0 Å². The van der Waals surface area contributed by atoms with Gasteiger partial charge in [-0.25, -0.2) is 0 Å². The second-order valence-electron chi connectivity index (χ2n) is 7.61. The third-order valence-corrected chi connectivity index (χ3v) is 5.84. The van der Waals surface area contributed by atoms with E-state index in [1.54, 1.807) is 24.3 Å². The molecule has 0 bridgehead atoms. The van der Waals surface area contributed by atoms with Crippen LogP contribution in [0.1, 0.15) is 29.0 Å². The number of halogens is 1. The van der Waals surface area contributed by atoms with E-state index in [2.05, 4.69) is 10.6 Å². The van der Waals surface area contributed by atoms with Gasteiger partial charge in [-0.2, -0.15) is 0 Å². The van der Waals surface area contributed by atoms with Gasteiger partial charge in [-0.05, 0) is 30.5 Å². The van der Waals surface area contributed by atoms with Crippen LogP contribution in [0.25, 0.3) is 11.0 Å². The third-order valence-electron chi connectivity index (χ3n) is 5.60. The van der Waals surface area contributed by atoms with Gasteiger partial charge in [0.25, 0.3) is 5.91 Å². The Balaban J connectivity index is 1.48. The van der Waals surface area contributed by atoms with Crippen LogP contribution < -0.4 is 16.1 Å². The molecule has 30 heavy (non-hydrogen) atoms. The normalized spacial score (nSPS) is 20.4. The van der Waals surface area contributed by atoms with E-state index in [1.165, 1.54) is 6.07 Å². The average Bonchev–Trinajstić information content (AvgIpc) is 2.75. The maximum atomic E-state index is 12.7. The molecule has 0 spiro atoms. The van der Waals surface area contributed by atoms with Gasteiger partial charge in [0.1, 0.15) is 11.5 Å². The van der Waals surface area contributed by atoms with E-state index >= 15 is 0 Å². The molecule has 1 heterocycles. The Hall–Kier alpha value is -3.12. The number of fused-ring (bicyclic) bond motifs is 1. The molecule has 4 rings (SSSR count). The van der Waals surface area contributed by atoms with Crippen LogP contribution in [-0.2, 0) is 10.2 Å². The van der Waals surface area contributed by atoms with Gasteiger partial charge < -0.3 is 15.1 Å². The molecule has 0 unspecified atom stereocenters. The van der Waals surface area contributed by atoms with Crippen molar-refractivity contribution in [3.05, 3.63) is 82.2 Å². The molecular weight excluding hydrogens is 404 g/mol. The van der Waals surface area contributed by atoms with Crippen molar-refractivity contribution in [3.8, 4) is 0 Å². The van der Waals surface area contributed by atoms with E-state index in [4.69, 9.17) is 16.0 Å². The van der Waals surface area contributed by atoms with Gasteiger partial charge in [0, 0.05) is 24.1 Å². The molecule has 1 aliphatic carbocycles. The second-order valence-corrected chi connectivity index (χ2v) is 7.87. The monoisotopic (exact) mass is 424 g/mol. The van der Waals surface area contributed by atoms with E-state index in [-0.39, 0.29) is 34.4 Å². The highest BCUT2D eigenvalue weighted by Gasteiger charge is 2.46. The molecule has 2 N–H and O–H groups in total. The van der Waals surface area contributed by atoms with Gasteiger partial charge in [0.2, 0.25) is 5.91 Å². The first-order chi connectivity index (χ1) is 14.5. The minimum Gasteiger partial charge on any atom is -0.451 e. The number of amides is 2. The zero-order valence-corrected chi connectivity index (χ0v) is 16.9. The molecule has 0 aliphatic heterocycles. The van der Waals surface area contributed by atoms with Gasteiger partial charge in [-0.3, -0.25) is 14.4 Å². The van der Waals surface area contributed by atoms with Crippen LogP contribution in [0.2, 0.25) is 0 Å². The number of hydrogen-bond acceptors (Lipinski definition) is 4. The highest BCUT2D eigenvalue weighted by molar-refractivity contribution is 6.27. The van der Waals surface area contributed by atoms with E-state index in [0.717, 1.165) is 5.56 Å². The number of hydrogen-bond donors (Lipinski definition) is 2. The molecule has 1 fully saturated rings. The van der Waals surface area contributed by atoms with Crippen LogP contribution in [0.3, 0.4) is 0 Å². The lowest BCUT2D eigenvalue weighted by Gasteiger charge is -2.48. The first-order valence-electron chi connectivity index (χ1n) is 9.73. The van der Waals surface area contributed by atoms with Crippen LogP contribution in [0.4, 0.5) is 0 Å². The van der Waals surface area contributed by atoms with Gasteiger partial charge in [-0.15, -0.1) is 11.6 Å². The number of benzene rings is 2. The standard InChI is InChI=1S/C23H21ClN2O4/c24-13-21(28)25-14-23(15-6-2-1-3-7-15)11-16(12-23)26-22(29)20-10-18(27)17-8-4-5-9-19(17)30-20/h1-10,16H,11-14H2,(H,25,28)(H,26,29). The summed E-state index contributed by atoms with van der Waals surface area (Å²) in [7, 11) is 0. The molecule has 7 heteroatoms. The minimum absolute atomic E-state index is 0.00801. The number of nitrogens with one attached hydrogen (secondary N) is 2. The van der Waals surface area contributed by atoms with Gasteiger partial charge >= 0.3 is 0 Å². The van der Waals surface area contributed by atoms with Crippen molar-refractivity contribution in [2.45, 2.75) is 24.3 Å². The summed E-state index contributed by atoms with van der Waals surface area (Å²) in [6.07, 6.45) is 1.31. The number of rotatable bonds is 6. The summed E-state index contributed by atoms with van der Waals surface area (Å²) >= 11 is 5.60. The molecule has 2 aromatic carbocycles. The fourth-order valence-electron chi connectivity index (χ4n) is 4.05. The zero-order chi connectivity index (χ0) is 21.1. The summed E-state index contributed by atoms with van der Waals surface area (Å²) in [5.41, 5.74) is 0.956. The third kappa shape index (κ3) is 3.96. The number of carbonyl (C=O) groups is 2. The topological polar surface area (TPSA) is 88.4 Å². The predicted octanol–water partition coefficient (Wildman–Crippen LogP) is 2.98. The Morgan fingerprint density at radius 1 is 1.07 bits per heavy atom.